The first kappa shape index (κ1) is 9.86. The van der Waals surface area contributed by atoms with E-state index >= 15 is 0 Å². The number of hydrogen-bond donors (Lipinski definition) is 0. The van der Waals surface area contributed by atoms with Crippen molar-refractivity contribution in [2.24, 2.45) is 0 Å². The summed E-state index contributed by atoms with van der Waals surface area (Å²) in [4.78, 5) is 15.7. The van der Waals surface area contributed by atoms with E-state index in [9.17, 15) is 4.79 Å². The second-order valence-corrected chi connectivity index (χ2v) is 4.15. The molecule has 4 nitrogen and oxygen atoms in total. The van der Waals surface area contributed by atoms with E-state index in [0.717, 1.165) is 26.1 Å². The van der Waals surface area contributed by atoms with Crippen LogP contribution in [0, 0.1) is 0 Å². The summed E-state index contributed by atoms with van der Waals surface area (Å²) >= 11 is 3.19. The fraction of sp³-hybridized carbons (Fsp3) is 0.556. The molecule has 0 unspecified atom stereocenters. The van der Waals surface area contributed by atoms with Gasteiger partial charge in [-0.2, -0.15) is 0 Å². The molecule has 0 radical (unpaired) electrons. The Morgan fingerprint density at radius 3 is 2.93 bits per heavy atom. The van der Waals surface area contributed by atoms with Crippen LogP contribution in [0.1, 0.15) is 18.9 Å². The highest BCUT2D eigenvalue weighted by Crippen LogP contribution is 2.18. The molecule has 2 heterocycles. The summed E-state index contributed by atoms with van der Waals surface area (Å²) in [5.41, 5.74) is -0.00750. The lowest BCUT2D eigenvalue weighted by Gasteiger charge is -2.23. The maximum Gasteiger partial charge on any atom is 0.267 e. The van der Waals surface area contributed by atoms with E-state index in [-0.39, 0.29) is 11.6 Å². The van der Waals surface area contributed by atoms with Gasteiger partial charge in [0.05, 0.1) is 6.33 Å². The second-order valence-electron chi connectivity index (χ2n) is 3.30. The summed E-state index contributed by atoms with van der Waals surface area (Å²) in [5.74, 6) is 0. The van der Waals surface area contributed by atoms with Gasteiger partial charge in [-0.25, -0.2) is 4.98 Å². The normalized spacial score (nSPS) is 18.4. The van der Waals surface area contributed by atoms with Crippen molar-refractivity contribution in [2.45, 2.75) is 18.9 Å². The lowest BCUT2D eigenvalue weighted by molar-refractivity contribution is 0.0683. The molecule has 1 saturated heterocycles. The minimum atomic E-state index is -0.00750. The third-order valence-electron chi connectivity index (χ3n) is 2.40. The number of nitrogens with zero attached hydrogens (tertiary/aromatic N) is 2. The van der Waals surface area contributed by atoms with Crippen molar-refractivity contribution in [3.05, 3.63) is 27.4 Å². The molecule has 76 valence electrons. The van der Waals surface area contributed by atoms with Crippen LogP contribution >= 0.6 is 15.9 Å². The van der Waals surface area contributed by atoms with Crippen molar-refractivity contribution in [3.8, 4) is 0 Å². The van der Waals surface area contributed by atoms with Gasteiger partial charge in [-0.3, -0.25) is 9.36 Å². The van der Waals surface area contributed by atoms with Crippen molar-refractivity contribution >= 4 is 15.9 Å². The topological polar surface area (TPSA) is 44.1 Å². The summed E-state index contributed by atoms with van der Waals surface area (Å²) in [6.07, 6.45) is 4.90. The molecule has 0 saturated carbocycles. The molecule has 14 heavy (non-hydrogen) atoms. The van der Waals surface area contributed by atoms with Crippen LogP contribution in [0.5, 0.6) is 0 Å². The Morgan fingerprint density at radius 1 is 1.50 bits per heavy atom. The average molecular weight is 259 g/mol. The number of rotatable bonds is 1. The summed E-state index contributed by atoms with van der Waals surface area (Å²) in [5, 5.41) is 0. The first-order valence-electron chi connectivity index (χ1n) is 4.58. The van der Waals surface area contributed by atoms with E-state index in [4.69, 9.17) is 4.74 Å². The maximum atomic E-state index is 11.7. The number of halogens is 1. The molecule has 0 amide bonds. The average Bonchev–Trinajstić information content (AvgIpc) is 2.23. The Morgan fingerprint density at radius 2 is 2.21 bits per heavy atom. The van der Waals surface area contributed by atoms with E-state index < -0.39 is 0 Å². The molecule has 1 fully saturated rings. The summed E-state index contributed by atoms with van der Waals surface area (Å²) in [6, 6.07) is 0.237. The molecular weight excluding hydrogens is 248 g/mol. The predicted octanol–water partition coefficient (Wildman–Crippen LogP) is 1.36. The Bertz CT molecular complexity index is 371. The van der Waals surface area contributed by atoms with E-state index in [1.807, 2.05) is 0 Å². The Balaban J connectivity index is 2.31. The van der Waals surface area contributed by atoms with Crippen LogP contribution in [-0.4, -0.2) is 22.8 Å². The fourth-order valence-corrected chi connectivity index (χ4v) is 1.95. The molecule has 0 aromatic carbocycles. The van der Waals surface area contributed by atoms with Crippen molar-refractivity contribution in [3.63, 3.8) is 0 Å². The highest BCUT2D eigenvalue weighted by Gasteiger charge is 2.17. The van der Waals surface area contributed by atoms with Crippen LogP contribution in [0.3, 0.4) is 0 Å². The Kier molecular flexibility index (Phi) is 2.98. The van der Waals surface area contributed by atoms with E-state index in [0.29, 0.717) is 4.47 Å². The van der Waals surface area contributed by atoms with Crippen LogP contribution in [0.15, 0.2) is 21.8 Å². The third-order valence-corrected chi connectivity index (χ3v) is 2.95. The molecule has 1 aliphatic rings. The molecule has 0 aliphatic carbocycles. The molecule has 0 atom stereocenters. The smallest absolute Gasteiger partial charge is 0.267 e. The molecule has 5 heteroatoms. The van der Waals surface area contributed by atoms with Gasteiger partial charge in [0.2, 0.25) is 0 Å². The minimum Gasteiger partial charge on any atom is -0.381 e. The van der Waals surface area contributed by atoms with Gasteiger partial charge in [0.1, 0.15) is 4.47 Å². The molecule has 0 spiro atoms. The first-order chi connectivity index (χ1) is 6.79. The van der Waals surface area contributed by atoms with Crippen molar-refractivity contribution in [1.29, 1.82) is 0 Å². The van der Waals surface area contributed by atoms with Crippen molar-refractivity contribution < 1.29 is 4.74 Å². The standard InChI is InChI=1S/C9H11BrN2O2/c10-8-5-11-6-12(9(8)13)7-1-3-14-4-2-7/h5-7H,1-4H2. The van der Waals surface area contributed by atoms with Crippen LogP contribution < -0.4 is 5.56 Å². The SMILES string of the molecule is O=c1c(Br)cncn1C1CCOCC1. The minimum absolute atomic E-state index is 0.00750. The van der Waals surface area contributed by atoms with Gasteiger partial charge in [0.25, 0.3) is 5.56 Å². The van der Waals surface area contributed by atoms with Crippen molar-refractivity contribution in [2.75, 3.05) is 13.2 Å². The van der Waals surface area contributed by atoms with Crippen LogP contribution in [0.25, 0.3) is 0 Å². The molecule has 2 rings (SSSR count). The van der Waals surface area contributed by atoms with Gasteiger partial charge in [0.15, 0.2) is 0 Å². The van der Waals surface area contributed by atoms with Crippen LogP contribution in [0.4, 0.5) is 0 Å². The monoisotopic (exact) mass is 258 g/mol. The molecule has 0 N–H and O–H groups in total. The van der Waals surface area contributed by atoms with Gasteiger partial charge in [-0.1, -0.05) is 0 Å². The highest BCUT2D eigenvalue weighted by molar-refractivity contribution is 9.10. The van der Waals surface area contributed by atoms with Crippen LogP contribution in [0.2, 0.25) is 0 Å². The zero-order valence-electron chi connectivity index (χ0n) is 7.65. The fourth-order valence-electron chi connectivity index (χ4n) is 1.63. The Hall–Kier alpha value is -0.680. The molecule has 1 aliphatic heterocycles. The van der Waals surface area contributed by atoms with Gasteiger partial charge in [-0.05, 0) is 28.8 Å². The number of ether oxygens (including phenoxy) is 1. The predicted molar refractivity (Wildman–Crippen MR) is 55.3 cm³/mol. The first-order valence-corrected chi connectivity index (χ1v) is 5.38. The Labute approximate surface area is 90.0 Å². The third kappa shape index (κ3) is 1.88. The van der Waals surface area contributed by atoms with Gasteiger partial charge in [-0.15, -0.1) is 0 Å². The summed E-state index contributed by atoms with van der Waals surface area (Å²) < 4.78 is 7.45. The van der Waals surface area contributed by atoms with Gasteiger partial charge >= 0.3 is 0 Å². The molecular formula is C9H11BrN2O2. The number of aromatic nitrogens is 2. The zero-order valence-corrected chi connectivity index (χ0v) is 9.24. The van der Waals surface area contributed by atoms with Crippen LogP contribution in [-0.2, 0) is 4.74 Å². The van der Waals surface area contributed by atoms with E-state index in [1.54, 1.807) is 10.9 Å². The quantitative estimate of drug-likeness (QED) is 0.764. The zero-order chi connectivity index (χ0) is 9.97. The lowest BCUT2D eigenvalue weighted by Crippen LogP contribution is -2.29. The lowest BCUT2D eigenvalue weighted by atomic mass is 10.1. The van der Waals surface area contributed by atoms with Gasteiger partial charge < -0.3 is 4.74 Å². The molecule has 0 bridgehead atoms. The molecule has 1 aromatic rings. The van der Waals surface area contributed by atoms with Crippen molar-refractivity contribution in [1.82, 2.24) is 9.55 Å². The second kappa shape index (κ2) is 4.23. The highest BCUT2D eigenvalue weighted by atomic mass is 79.9. The summed E-state index contributed by atoms with van der Waals surface area (Å²) in [6.45, 7) is 1.45. The van der Waals surface area contributed by atoms with E-state index in [1.165, 1.54) is 6.20 Å². The maximum absolute atomic E-state index is 11.7. The largest absolute Gasteiger partial charge is 0.381 e. The number of hydrogen-bond acceptors (Lipinski definition) is 3. The molecule has 1 aromatic heterocycles. The van der Waals surface area contributed by atoms with E-state index in [2.05, 4.69) is 20.9 Å². The van der Waals surface area contributed by atoms with Gasteiger partial charge in [0, 0.05) is 25.5 Å². The summed E-state index contributed by atoms with van der Waals surface area (Å²) in [7, 11) is 0.